The van der Waals surface area contributed by atoms with Crippen molar-refractivity contribution in [1.82, 2.24) is 9.97 Å². The minimum Gasteiger partial charge on any atom is -0.248 e. The van der Waals surface area contributed by atoms with Gasteiger partial charge in [-0.2, -0.15) is 0 Å². The summed E-state index contributed by atoms with van der Waals surface area (Å²) in [7, 11) is 0. The number of hydrogen-bond acceptors (Lipinski definition) is 2. The van der Waals surface area contributed by atoms with Crippen LogP contribution in [0.5, 0.6) is 0 Å². The normalized spacial score (nSPS) is 11.1. The molecule has 2 nitrogen and oxygen atoms in total. The molecule has 1 heterocycles. The highest BCUT2D eigenvalue weighted by Crippen LogP contribution is 2.22. The summed E-state index contributed by atoms with van der Waals surface area (Å²) in [6, 6.07) is 12.2. The van der Waals surface area contributed by atoms with E-state index in [2.05, 4.69) is 22.1 Å². The molecule has 0 aliphatic carbocycles. The maximum atomic E-state index is 5.97. The predicted octanol–water partition coefficient (Wildman–Crippen LogP) is 3.74. The molecule has 0 bridgehead atoms. The van der Waals surface area contributed by atoms with E-state index in [-0.39, 0.29) is 0 Å². The Morgan fingerprint density at radius 3 is 2.12 bits per heavy atom. The van der Waals surface area contributed by atoms with Gasteiger partial charge in [0.15, 0.2) is 5.15 Å². The summed E-state index contributed by atoms with van der Waals surface area (Å²) in [4.78, 5) is 8.76. The second-order valence-electron chi connectivity index (χ2n) is 3.79. The maximum absolute atomic E-state index is 5.97. The van der Waals surface area contributed by atoms with E-state index in [0.29, 0.717) is 5.15 Å². The van der Waals surface area contributed by atoms with Crippen LogP contribution in [0, 0.1) is 6.92 Å². The van der Waals surface area contributed by atoms with Crippen LogP contribution in [0.25, 0.3) is 21.8 Å². The van der Waals surface area contributed by atoms with Crippen molar-refractivity contribution in [2.24, 2.45) is 0 Å². The van der Waals surface area contributed by atoms with Crippen LogP contribution in [0.4, 0.5) is 0 Å². The lowest BCUT2D eigenvalue weighted by atomic mass is 10.1. The van der Waals surface area contributed by atoms with Gasteiger partial charge in [0.25, 0.3) is 0 Å². The first-order valence-corrected chi connectivity index (χ1v) is 5.44. The van der Waals surface area contributed by atoms with Gasteiger partial charge in [0.2, 0.25) is 0 Å². The number of aryl methyl sites for hydroxylation is 1. The number of benzene rings is 2. The average molecular weight is 229 g/mol. The van der Waals surface area contributed by atoms with Crippen LogP contribution in [0.2, 0.25) is 5.15 Å². The van der Waals surface area contributed by atoms with Crippen molar-refractivity contribution in [3.05, 3.63) is 47.2 Å². The lowest BCUT2D eigenvalue weighted by Gasteiger charge is -2.03. The van der Waals surface area contributed by atoms with Crippen LogP contribution in [-0.2, 0) is 0 Å². The molecule has 0 saturated carbocycles. The molecule has 0 atom stereocenters. The van der Waals surface area contributed by atoms with Gasteiger partial charge in [-0.3, -0.25) is 0 Å². The minimum absolute atomic E-state index is 0.475. The second kappa shape index (κ2) is 3.42. The molecule has 0 unspecified atom stereocenters. The van der Waals surface area contributed by atoms with Crippen molar-refractivity contribution >= 4 is 33.4 Å². The zero-order valence-electron chi connectivity index (χ0n) is 8.74. The number of rotatable bonds is 0. The zero-order chi connectivity index (χ0) is 11.1. The van der Waals surface area contributed by atoms with Gasteiger partial charge in [-0.15, -0.1) is 0 Å². The standard InChI is InChI=1S/C13H9ClN2/c1-8-13(14)16-12-7-10-5-3-2-4-9(10)6-11(12)15-8/h2-7H,1H3. The Hall–Kier alpha value is -1.67. The van der Waals surface area contributed by atoms with Crippen molar-refractivity contribution in [3.63, 3.8) is 0 Å². The highest BCUT2D eigenvalue weighted by atomic mass is 35.5. The van der Waals surface area contributed by atoms with E-state index >= 15 is 0 Å². The lowest BCUT2D eigenvalue weighted by Crippen LogP contribution is -1.90. The van der Waals surface area contributed by atoms with Gasteiger partial charge < -0.3 is 0 Å². The Morgan fingerprint density at radius 2 is 1.50 bits per heavy atom. The summed E-state index contributed by atoms with van der Waals surface area (Å²) in [6.45, 7) is 1.87. The van der Waals surface area contributed by atoms with Gasteiger partial charge in [-0.1, -0.05) is 35.9 Å². The minimum atomic E-state index is 0.475. The predicted molar refractivity (Wildman–Crippen MR) is 66.8 cm³/mol. The molecule has 78 valence electrons. The van der Waals surface area contributed by atoms with E-state index in [9.17, 15) is 0 Å². The van der Waals surface area contributed by atoms with Crippen LogP contribution in [0.3, 0.4) is 0 Å². The fourth-order valence-corrected chi connectivity index (χ4v) is 1.94. The Balaban J connectivity index is 2.46. The van der Waals surface area contributed by atoms with Crippen LogP contribution < -0.4 is 0 Å². The van der Waals surface area contributed by atoms with Crippen molar-refractivity contribution in [1.29, 1.82) is 0 Å². The molecule has 3 heteroatoms. The number of halogens is 1. The summed E-state index contributed by atoms with van der Waals surface area (Å²) in [5.74, 6) is 0. The fourth-order valence-electron chi connectivity index (χ4n) is 1.81. The highest BCUT2D eigenvalue weighted by molar-refractivity contribution is 6.30. The molecule has 1 aromatic heterocycles. The zero-order valence-corrected chi connectivity index (χ0v) is 9.49. The van der Waals surface area contributed by atoms with E-state index in [4.69, 9.17) is 11.6 Å². The second-order valence-corrected chi connectivity index (χ2v) is 4.15. The SMILES string of the molecule is Cc1nc2cc3ccccc3cc2nc1Cl. The van der Waals surface area contributed by atoms with Gasteiger partial charge in [0, 0.05) is 0 Å². The molecule has 16 heavy (non-hydrogen) atoms. The molecule has 0 aliphatic heterocycles. The summed E-state index contributed by atoms with van der Waals surface area (Å²) in [6.07, 6.45) is 0. The third kappa shape index (κ3) is 1.42. The van der Waals surface area contributed by atoms with Gasteiger partial charge >= 0.3 is 0 Å². The topological polar surface area (TPSA) is 25.8 Å². The molecule has 0 saturated heterocycles. The van der Waals surface area contributed by atoms with Crippen molar-refractivity contribution < 1.29 is 0 Å². The van der Waals surface area contributed by atoms with Gasteiger partial charge in [-0.25, -0.2) is 9.97 Å². The van der Waals surface area contributed by atoms with Gasteiger partial charge in [0.1, 0.15) is 0 Å². The first kappa shape index (κ1) is 9.55. The summed E-state index contributed by atoms with van der Waals surface area (Å²) in [5, 5.41) is 2.80. The molecule has 3 rings (SSSR count). The molecular formula is C13H9ClN2. The fraction of sp³-hybridized carbons (Fsp3) is 0.0769. The monoisotopic (exact) mass is 228 g/mol. The van der Waals surface area contributed by atoms with Crippen molar-refractivity contribution in [3.8, 4) is 0 Å². The molecule has 0 amide bonds. The van der Waals surface area contributed by atoms with E-state index in [0.717, 1.165) is 22.1 Å². The molecule has 2 aromatic carbocycles. The van der Waals surface area contributed by atoms with Crippen molar-refractivity contribution in [2.45, 2.75) is 6.92 Å². The molecule has 0 spiro atoms. The number of fused-ring (bicyclic) bond motifs is 2. The molecular weight excluding hydrogens is 220 g/mol. The smallest absolute Gasteiger partial charge is 0.150 e. The number of nitrogens with zero attached hydrogens (tertiary/aromatic N) is 2. The Kier molecular flexibility index (Phi) is 2.04. The molecule has 0 radical (unpaired) electrons. The third-order valence-electron chi connectivity index (χ3n) is 2.65. The summed E-state index contributed by atoms with van der Waals surface area (Å²) < 4.78 is 0. The molecule has 0 fully saturated rings. The quantitative estimate of drug-likeness (QED) is 0.548. The molecule has 0 N–H and O–H groups in total. The molecule has 0 aliphatic rings. The first-order chi connectivity index (χ1) is 7.74. The Morgan fingerprint density at radius 1 is 0.938 bits per heavy atom. The van der Waals surface area contributed by atoms with Gasteiger partial charge in [-0.05, 0) is 29.8 Å². The largest absolute Gasteiger partial charge is 0.248 e. The average Bonchev–Trinajstić information content (AvgIpc) is 2.28. The van der Waals surface area contributed by atoms with E-state index in [1.807, 2.05) is 31.2 Å². The first-order valence-electron chi connectivity index (χ1n) is 5.07. The highest BCUT2D eigenvalue weighted by Gasteiger charge is 2.04. The third-order valence-corrected chi connectivity index (χ3v) is 3.01. The lowest BCUT2D eigenvalue weighted by molar-refractivity contribution is 1.19. The number of aromatic nitrogens is 2. The van der Waals surface area contributed by atoms with Crippen LogP contribution in [0.1, 0.15) is 5.69 Å². The van der Waals surface area contributed by atoms with Crippen LogP contribution in [0.15, 0.2) is 36.4 Å². The number of hydrogen-bond donors (Lipinski definition) is 0. The summed E-state index contributed by atoms with van der Waals surface area (Å²) in [5.41, 5.74) is 2.50. The molecule has 3 aromatic rings. The van der Waals surface area contributed by atoms with Crippen LogP contribution >= 0.6 is 11.6 Å². The summed E-state index contributed by atoms with van der Waals surface area (Å²) >= 11 is 5.97. The van der Waals surface area contributed by atoms with Crippen molar-refractivity contribution in [2.75, 3.05) is 0 Å². The Bertz CT molecular complexity index is 632. The van der Waals surface area contributed by atoms with E-state index in [1.54, 1.807) is 0 Å². The van der Waals surface area contributed by atoms with Gasteiger partial charge in [0.05, 0.1) is 16.7 Å². The Labute approximate surface area is 97.9 Å². The van der Waals surface area contributed by atoms with E-state index in [1.165, 1.54) is 5.39 Å². The van der Waals surface area contributed by atoms with E-state index < -0.39 is 0 Å². The van der Waals surface area contributed by atoms with Crippen LogP contribution in [-0.4, -0.2) is 9.97 Å². The maximum Gasteiger partial charge on any atom is 0.150 e.